The summed E-state index contributed by atoms with van der Waals surface area (Å²) in [6.45, 7) is 13.3. The third kappa shape index (κ3) is 5.26. The Morgan fingerprint density at radius 1 is 1.16 bits per heavy atom. The maximum absolute atomic E-state index is 5.50. The van der Waals surface area contributed by atoms with E-state index in [1.54, 1.807) is 0 Å². The average molecular weight is 270 g/mol. The number of nitrogens with zero attached hydrogens (tertiary/aromatic N) is 4. The Morgan fingerprint density at radius 2 is 1.79 bits per heavy atom. The standard InChI is InChI=1S/C13H26N4O2/c1-5-16(6-2)9-10-17-11-12(14-15-17)13(18-7-3)19-8-4/h11,13H,5-10H2,1-4H3. The molecule has 0 N–H and O–H groups in total. The van der Waals surface area contributed by atoms with Gasteiger partial charge in [-0.1, -0.05) is 19.1 Å². The minimum absolute atomic E-state index is 0.405. The van der Waals surface area contributed by atoms with Crippen LogP contribution in [0.1, 0.15) is 39.7 Å². The van der Waals surface area contributed by atoms with Gasteiger partial charge in [-0.25, -0.2) is 0 Å². The number of ether oxygens (including phenoxy) is 2. The molecule has 0 saturated carbocycles. The second kappa shape index (κ2) is 9.01. The molecule has 0 aromatic carbocycles. The third-order valence-electron chi connectivity index (χ3n) is 2.97. The highest BCUT2D eigenvalue weighted by Gasteiger charge is 2.15. The zero-order valence-corrected chi connectivity index (χ0v) is 12.5. The first-order valence-electron chi connectivity index (χ1n) is 7.10. The van der Waals surface area contributed by atoms with Crippen LogP contribution in [-0.2, 0) is 16.0 Å². The van der Waals surface area contributed by atoms with E-state index >= 15 is 0 Å². The monoisotopic (exact) mass is 270 g/mol. The second-order valence-electron chi connectivity index (χ2n) is 4.18. The largest absolute Gasteiger partial charge is 0.347 e. The quantitative estimate of drug-likeness (QED) is 0.606. The molecule has 0 aliphatic rings. The van der Waals surface area contributed by atoms with Crippen LogP contribution in [0.3, 0.4) is 0 Å². The van der Waals surface area contributed by atoms with E-state index in [1.165, 1.54) is 0 Å². The third-order valence-corrected chi connectivity index (χ3v) is 2.97. The summed E-state index contributed by atoms with van der Waals surface area (Å²) in [6.07, 6.45) is 1.50. The maximum Gasteiger partial charge on any atom is 0.204 e. The van der Waals surface area contributed by atoms with E-state index in [0.717, 1.165) is 31.9 Å². The van der Waals surface area contributed by atoms with Crippen molar-refractivity contribution in [3.63, 3.8) is 0 Å². The van der Waals surface area contributed by atoms with E-state index in [4.69, 9.17) is 9.47 Å². The number of aromatic nitrogens is 3. The molecular formula is C13H26N4O2. The van der Waals surface area contributed by atoms with Gasteiger partial charge in [-0.15, -0.1) is 5.10 Å². The van der Waals surface area contributed by atoms with Crippen LogP contribution in [0.15, 0.2) is 6.20 Å². The van der Waals surface area contributed by atoms with Crippen LogP contribution in [0.25, 0.3) is 0 Å². The second-order valence-corrected chi connectivity index (χ2v) is 4.18. The highest BCUT2D eigenvalue weighted by atomic mass is 16.7. The first kappa shape index (κ1) is 16.1. The van der Waals surface area contributed by atoms with Crippen LogP contribution in [-0.4, -0.2) is 52.7 Å². The van der Waals surface area contributed by atoms with Gasteiger partial charge in [0.05, 0.1) is 12.7 Å². The first-order chi connectivity index (χ1) is 9.24. The summed E-state index contributed by atoms with van der Waals surface area (Å²) in [6, 6.07) is 0. The van der Waals surface area contributed by atoms with Crippen LogP contribution in [0.2, 0.25) is 0 Å². The van der Waals surface area contributed by atoms with Gasteiger partial charge in [0.15, 0.2) is 0 Å². The van der Waals surface area contributed by atoms with E-state index < -0.39 is 6.29 Å². The van der Waals surface area contributed by atoms with E-state index in [-0.39, 0.29) is 0 Å². The molecule has 0 saturated heterocycles. The highest BCUT2D eigenvalue weighted by molar-refractivity contribution is 4.94. The predicted molar refractivity (Wildman–Crippen MR) is 73.8 cm³/mol. The molecule has 1 aromatic heterocycles. The molecule has 0 unspecified atom stereocenters. The van der Waals surface area contributed by atoms with Crippen molar-refractivity contribution in [3.05, 3.63) is 11.9 Å². The zero-order valence-electron chi connectivity index (χ0n) is 12.5. The summed E-state index contributed by atoms with van der Waals surface area (Å²) < 4.78 is 12.8. The number of hydrogen-bond acceptors (Lipinski definition) is 5. The van der Waals surface area contributed by atoms with Crippen molar-refractivity contribution < 1.29 is 9.47 Å². The Morgan fingerprint density at radius 3 is 2.32 bits per heavy atom. The van der Waals surface area contributed by atoms with Crippen LogP contribution >= 0.6 is 0 Å². The smallest absolute Gasteiger partial charge is 0.204 e. The molecule has 0 aliphatic carbocycles. The molecule has 0 aliphatic heterocycles. The lowest BCUT2D eigenvalue weighted by Crippen LogP contribution is -2.27. The predicted octanol–water partition coefficient (Wildman–Crippen LogP) is 1.69. The maximum atomic E-state index is 5.50. The SMILES string of the molecule is CCOC(OCC)c1cn(CCN(CC)CC)nn1. The lowest BCUT2D eigenvalue weighted by Gasteiger charge is -2.17. The summed E-state index contributed by atoms with van der Waals surface area (Å²) in [5, 5.41) is 8.25. The van der Waals surface area contributed by atoms with Gasteiger partial charge < -0.3 is 14.4 Å². The molecule has 0 amide bonds. The normalized spacial score (nSPS) is 11.7. The molecule has 0 spiro atoms. The van der Waals surface area contributed by atoms with Crippen LogP contribution in [0.4, 0.5) is 0 Å². The molecule has 0 fully saturated rings. The fourth-order valence-corrected chi connectivity index (χ4v) is 1.84. The summed E-state index contributed by atoms with van der Waals surface area (Å²) in [5.41, 5.74) is 0.739. The fraction of sp³-hybridized carbons (Fsp3) is 0.846. The molecule has 1 aromatic rings. The van der Waals surface area contributed by atoms with Gasteiger partial charge in [0.2, 0.25) is 6.29 Å². The Balaban J connectivity index is 2.54. The van der Waals surface area contributed by atoms with E-state index in [1.807, 2.05) is 24.7 Å². The van der Waals surface area contributed by atoms with Gasteiger partial charge in [0, 0.05) is 19.8 Å². The average Bonchev–Trinajstić information content (AvgIpc) is 2.88. The van der Waals surface area contributed by atoms with E-state index in [9.17, 15) is 0 Å². The Kier molecular flexibility index (Phi) is 7.62. The lowest BCUT2D eigenvalue weighted by atomic mass is 10.4. The zero-order chi connectivity index (χ0) is 14.1. The molecular weight excluding hydrogens is 244 g/mol. The molecule has 19 heavy (non-hydrogen) atoms. The van der Waals surface area contributed by atoms with Gasteiger partial charge in [0.1, 0.15) is 5.69 Å². The van der Waals surface area contributed by atoms with Crippen molar-refractivity contribution in [1.82, 2.24) is 19.9 Å². The van der Waals surface area contributed by atoms with Gasteiger partial charge in [-0.3, -0.25) is 4.68 Å². The molecule has 1 rings (SSSR count). The number of hydrogen-bond donors (Lipinski definition) is 0. The van der Waals surface area contributed by atoms with E-state index in [0.29, 0.717) is 13.2 Å². The van der Waals surface area contributed by atoms with E-state index in [2.05, 4.69) is 29.1 Å². The lowest BCUT2D eigenvalue weighted by molar-refractivity contribution is -0.142. The van der Waals surface area contributed by atoms with Crippen LogP contribution in [0.5, 0.6) is 0 Å². The van der Waals surface area contributed by atoms with Crippen LogP contribution < -0.4 is 0 Å². The number of rotatable bonds is 10. The van der Waals surface area contributed by atoms with Gasteiger partial charge in [0.25, 0.3) is 0 Å². The molecule has 6 nitrogen and oxygen atoms in total. The Labute approximate surface area is 115 Å². The van der Waals surface area contributed by atoms with Crippen molar-refractivity contribution in [2.75, 3.05) is 32.8 Å². The molecule has 0 bridgehead atoms. The van der Waals surface area contributed by atoms with Crippen molar-refractivity contribution >= 4 is 0 Å². The number of likely N-dealkylation sites (N-methyl/N-ethyl adjacent to an activating group) is 1. The Hall–Kier alpha value is -0.980. The molecule has 0 radical (unpaired) electrons. The molecule has 6 heteroatoms. The summed E-state index contributed by atoms with van der Waals surface area (Å²) >= 11 is 0. The van der Waals surface area contributed by atoms with Gasteiger partial charge in [-0.2, -0.15) is 0 Å². The molecule has 0 atom stereocenters. The van der Waals surface area contributed by atoms with Gasteiger partial charge in [-0.05, 0) is 26.9 Å². The minimum Gasteiger partial charge on any atom is -0.347 e. The highest BCUT2D eigenvalue weighted by Crippen LogP contribution is 2.15. The van der Waals surface area contributed by atoms with Gasteiger partial charge >= 0.3 is 0 Å². The fourth-order valence-electron chi connectivity index (χ4n) is 1.84. The Bertz CT molecular complexity index is 333. The van der Waals surface area contributed by atoms with Crippen molar-refractivity contribution in [1.29, 1.82) is 0 Å². The van der Waals surface area contributed by atoms with Crippen molar-refractivity contribution in [3.8, 4) is 0 Å². The molecule has 110 valence electrons. The topological polar surface area (TPSA) is 52.4 Å². The first-order valence-corrected chi connectivity index (χ1v) is 7.10. The summed E-state index contributed by atoms with van der Waals surface area (Å²) in [7, 11) is 0. The van der Waals surface area contributed by atoms with Crippen molar-refractivity contribution in [2.24, 2.45) is 0 Å². The summed E-state index contributed by atoms with van der Waals surface area (Å²) in [5.74, 6) is 0. The van der Waals surface area contributed by atoms with Crippen molar-refractivity contribution in [2.45, 2.75) is 40.5 Å². The minimum atomic E-state index is -0.405. The van der Waals surface area contributed by atoms with Crippen LogP contribution in [0, 0.1) is 0 Å². The summed E-state index contributed by atoms with van der Waals surface area (Å²) in [4.78, 5) is 2.35. The molecule has 1 heterocycles.